The summed E-state index contributed by atoms with van der Waals surface area (Å²) in [5.41, 5.74) is 1.95. The van der Waals surface area contributed by atoms with E-state index in [4.69, 9.17) is 18.9 Å². The van der Waals surface area contributed by atoms with Crippen molar-refractivity contribution < 1.29 is 18.9 Å². The molecule has 8 heteroatoms. The molecular weight excluding hydrogens is 521 g/mol. The van der Waals surface area contributed by atoms with Crippen molar-refractivity contribution in [2.24, 2.45) is 0 Å². The van der Waals surface area contributed by atoms with Crippen LogP contribution in [-0.4, -0.2) is 97.3 Å². The summed E-state index contributed by atoms with van der Waals surface area (Å²) in [5.74, 6) is 3.50. The van der Waals surface area contributed by atoms with E-state index in [-0.39, 0.29) is 10.8 Å². The van der Waals surface area contributed by atoms with Gasteiger partial charge >= 0.3 is 0 Å². The Hall–Kier alpha value is -2.05. The highest BCUT2D eigenvalue weighted by molar-refractivity contribution is 7.71. The van der Waals surface area contributed by atoms with E-state index in [0.717, 1.165) is 57.8 Å². The van der Waals surface area contributed by atoms with Gasteiger partial charge in [-0.1, -0.05) is 41.5 Å². The molecule has 0 amide bonds. The molecule has 40 heavy (non-hydrogen) atoms. The zero-order chi connectivity index (χ0) is 30.4. The molecule has 0 N–H and O–H groups in total. The molecule has 0 heterocycles. The maximum atomic E-state index is 6.68. The lowest BCUT2D eigenvalue weighted by Crippen LogP contribution is -2.31. The van der Waals surface area contributed by atoms with E-state index in [1.807, 2.05) is 0 Å². The number of ether oxygens (including phenoxy) is 4. The van der Waals surface area contributed by atoms with E-state index < -0.39 is 8.07 Å². The lowest BCUT2D eigenvalue weighted by Gasteiger charge is -2.34. The van der Waals surface area contributed by atoms with Crippen molar-refractivity contribution in [3.8, 4) is 23.0 Å². The highest BCUT2D eigenvalue weighted by Gasteiger charge is 2.33. The molecule has 0 spiro atoms. The van der Waals surface area contributed by atoms with Gasteiger partial charge < -0.3 is 28.7 Å². The molecule has 2 rings (SSSR count). The first kappa shape index (κ1) is 34.2. The molecule has 2 aromatic carbocycles. The molecule has 0 saturated heterocycles. The Morgan fingerprint density at radius 2 is 0.950 bits per heavy atom. The summed E-state index contributed by atoms with van der Waals surface area (Å²) in [6, 6.07) is 8.54. The van der Waals surface area contributed by atoms with Crippen LogP contribution in [0.1, 0.15) is 52.7 Å². The lowest BCUT2D eigenvalue weighted by molar-refractivity contribution is 0.257. The zero-order valence-electron chi connectivity index (χ0n) is 27.6. The molecule has 226 valence electrons. The largest absolute Gasteiger partial charge is 0.497 e. The number of nitrogens with zero attached hydrogens (tertiary/aromatic N) is 3. The summed E-state index contributed by atoms with van der Waals surface area (Å²) in [7, 11) is 14.9. The van der Waals surface area contributed by atoms with E-state index in [9.17, 15) is 0 Å². The minimum Gasteiger partial charge on any atom is -0.497 e. The third kappa shape index (κ3) is 8.97. The van der Waals surface area contributed by atoms with Crippen LogP contribution in [0.5, 0.6) is 23.0 Å². The van der Waals surface area contributed by atoms with Crippen molar-refractivity contribution in [1.82, 2.24) is 14.5 Å². The third-order valence-electron chi connectivity index (χ3n) is 6.60. The zero-order valence-corrected chi connectivity index (χ0v) is 28.5. The van der Waals surface area contributed by atoms with Crippen LogP contribution in [0.2, 0.25) is 0 Å². The van der Waals surface area contributed by atoms with Crippen LogP contribution in [-0.2, 0) is 10.8 Å². The van der Waals surface area contributed by atoms with Crippen molar-refractivity contribution in [2.45, 2.75) is 52.4 Å². The predicted molar refractivity (Wildman–Crippen MR) is 171 cm³/mol. The van der Waals surface area contributed by atoms with Crippen LogP contribution in [0, 0.1) is 0 Å². The fourth-order valence-corrected chi connectivity index (χ4v) is 6.74. The minimum absolute atomic E-state index is 0.153. The highest BCUT2D eigenvalue weighted by Crippen LogP contribution is 2.48. The van der Waals surface area contributed by atoms with E-state index in [0.29, 0.717) is 13.2 Å². The van der Waals surface area contributed by atoms with E-state index >= 15 is 0 Å². The van der Waals surface area contributed by atoms with Gasteiger partial charge in [-0.05, 0) is 77.4 Å². The van der Waals surface area contributed by atoms with Crippen molar-refractivity contribution in [1.29, 1.82) is 0 Å². The first-order chi connectivity index (χ1) is 18.5. The van der Waals surface area contributed by atoms with Crippen LogP contribution in [0.15, 0.2) is 24.3 Å². The molecule has 0 aliphatic heterocycles. The second-order valence-corrected chi connectivity index (χ2v) is 15.4. The number of benzene rings is 2. The van der Waals surface area contributed by atoms with E-state index in [1.165, 1.54) is 0 Å². The molecule has 7 nitrogen and oxygen atoms in total. The van der Waals surface area contributed by atoms with Crippen molar-refractivity contribution >= 4 is 18.7 Å². The van der Waals surface area contributed by atoms with Crippen LogP contribution in [0.4, 0.5) is 0 Å². The quantitative estimate of drug-likeness (QED) is 0.309. The van der Waals surface area contributed by atoms with Crippen LogP contribution in [0.25, 0.3) is 0 Å². The highest BCUT2D eigenvalue weighted by atomic mass is 31.1. The Labute approximate surface area is 245 Å². The molecule has 0 saturated carbocycles. The number of methoxy groups -OCH3 is 2. The molecule has 0 atom stereocenters. The van der Waals surface area contributed by atoms with Gasteiger partial charge in [-0.25, -0.2) is 0 Å². The average Bonchev–Trinajstić information content (AvgIpc) is 2.83. The van der Waals surface area contributed by atoms with Crippen LogP contribution < -0.4 is 29.6 Å². The first-order valence-electron chi connectivity index (χ1n) is 14.0. The summed E-state index contributed by atoms with van der Waals surface area (Å²) in [6.45, 7) is 16.2. The van der Waals surface area contributed by atoms with E-state index in [1.54, 1.807) is 14.2 Å². The Kier molecular flexibility index (Phi) is 12.1. The number of rotatable bonds is 13. The summed E-state index contributed by atoms with van der Waals surface area (Å²) in [6.07, 6.45) is 0. The van der Waals surface area contributed by atoms with Gasteiger partial charge in [0.05, 0.1) is 14.2 Å². The van der Waals surface area contributed by atoms with Gasteiger partial charge in [0.2, 0.25) is 0 Å². The Balaban J connectivity index is 2.96. The van der Waals surface area contributed by atoms with Gasteiger partial charge in [-0.2, -0.15) is 0 Å². The minimum atomic E-state index is -1.09. The van der Waals surface area contributed by atoms with Gasteiger partial charge in [-0.15, -0.1) is 0 Å². The molecule has 0 unspecified atom stereocenters. The predicted octanol–water partition coefficient (Wildman–Crippen LogP) is 5.09. The Morgan fingerprint density at radius 3 is 1.20 bits per heavy atom. The summed E-state index contributed by atoms with van der Waals surface area (Å²) < 4.78 is 27.4. The topological polar surface area (TPSA) is 46.6 Å². The standard InChI is InChI=1S/C32H54N3O4P/c1-31(2,3)25-19-23(36-13)21-27(29(25)38-17-15-33(7)8)40(35(11)12)28-22-24(37-14)20-26(32(4,5)6)30(28)39-18-16-34(9)10/h19-22H,15-18H2,1-14H3. The molecule has 2 aromatic rings. The molecule has 0 aromatic heterocycles. The molecule has 0 aliphatic rings. The van der Waals surface area contributed by atoms with Crippen molar-refractivity contribution in [3.63, 3.8) is 0 Å². The summed E-state index contributed by atoms with van der Waals surface area (Å²) in [5, 5.41) is 2.21. The number of hydrogen-bond donors (Lipinski definition) is 0. The van der Waals surface area contributed by atoms with Gasteiger partial charge in [0.1, 0.15) is 36.2 Å². The number of likely N-dealkylation sites (N-methyl/N-ethyl adjacent to an activating group) is 2. The van der Waals surface area contributed by atoms with Gasteiger partial charge in [0.25, 0.3) is 0 Å². The second kappa shape index (κ2) is 14.2. The summed E-state index contributed by atoms with van der Waals surface area (Å²) >= 11 is 0. The monoisotopic (exact) mass is 575 g/mol. The SMILES string of the molecule is COc1cc(P(c2cc(OC)cc(C(C)(C)C)c2OCCN(C)C)N(C)C)c(OCCN(C)C)c(C(C)(C)C)c1. The molecule has 0 aliphatic carbocycles. The smallest absolute Gasteiger partial charge is 0.132 e. The van der Waals surface area contributed by atoms with Gasteiger partial charge in [0, 0.05) is 42.9 Å². The first-order valence-corrected chi connectivity index (χ1v) is 15.3. The van der Waals surface area contributed by atoms with Crippen LogP contribution >= 0.6 is 8.07 Å². The van der Waals surface area contributed by atoms with Crippen molar-refractivity contribution in [3.05, 3.63) is 35.4 Å². The molecule has 0 radical (unpaired) electrons. The molecular formula is C32H54N3O4P. The lowest BCUT2D eigenvalue weighted by atomic mass is 9.86. The normalized spacial score (nSPS) is 12.6. The third-order valence-corrected chi connectivity index (χ3v) is 8.98. The van der Waals surface area contributed by atoms with E-state index in [2.05, 4.69) is 123 Å². The maximum Gasteiger partial charge on any atom is 0.132 e. The Bertz CT molecular complexity index is 1020. The fourth-order valence-electron chi connectivity index (χ4n) is 4.36. The van der Waals surface area contributed by atoms with Gasteiger partial charge in [0.15, 0.2) is 0 Å². The molecule has 0 fully saturated rings. The summed E-state index contributed by atoms with van der Waals surface area (Å²) in [4.78, 5) is 4.28. The molecule has 0 bridgehead atoms. The Morgan fingerprint density at radius 1 is 0.600 bits per heavy atom. The van der Waals surface area contributed by atoms with Crippen molar-refractivity contribution in [2.75, 3.05) is 82.8 Å². The second-order valence-electron chi connectivity index (χ2n) is 13.0. The maximum absolute atomic E-state index is 6.68. The van der Waals surface area contributed by atoms with Gasteiger partial charge in [-0.3, -0.25) is 4.67 Å². The fraction of sp³-hybridized carbons (Fsp3) is 0.625. The number of hydrogen-bond acceptors (Lipinski definition) is 7. The average molecular weight is 576 g/mol. The van der Waals surface area contributed by atoms with Crippen LogP contribution in [0.3, 0.4) is 0 Å².